The van der Waals surface area contributed by atoms with Crippen LogP contribution in [0.3, 0.4) is 0 Å². The minimum Gasteiger partial charge on any atom is -0.319 e. The molecule has 15 heavy (non-hydrogen) atoms. The molecule has 92 valence electrons. The molecule has 0 aliphatic rings. The molecule has 0 aromatic carbocycles. The van der Waals surface area contributed by atoms with E-state index in [0.717, 1.165) is 13.1 Å². The van der Waals surface area contributed by atoms with Crippen LogP contribution in [0, 0.1) is 0 Å². The van der Waals surface area contributed by atoms with Crippen molar-refractivity contribution in [1.29, 1.82) is 0 Å². The van der Waals surface area contributed by atoms with Crippen molar-refractivity contribution in [3.8, 4) is 0 Å². The van der Waals surface area contributed by atoms with E-state index in [4.69, 9.17) is 0 Å². The van der Waals surface area contributed by atoms with E-state index >= 15 is 0 Å². The van der Waals surface area contributed by atoms with Crippen LogP contribution in [0.2, 0.25) is 0 Å². The van der Waals surface area contributed by atoms with Gasteiger partial charge in [-0.05, 0) is 40.0 Å². The van der Waals surface area contributed by atoms with Gasteiger partial charge in [0.25, 0.3) is 9.28 Å². The fraction of sp³-hybridized carbons (Fsp3) is 1.00. The van der Waals surface area contributed by atoms with Crippen LogP contribution in [0.4, 0.5) is 0 Å². The molecule has 0 unspecified atom stereocenters. The topological polar surface area (TPSA) is 39.3 Å². The molecule has 0 heterocycles. The van der Waals surface area contributed by atoms with Crippen LogP contribution in [0.1, 0.15) is 26.7 Å². The van der Waals surface area contributed by atoms with Crippen LogP contribution in [0.15, 0.2) is 0 Å². The van der Waals surface area contributed by atoms with Crippen LogP contribution in [0.5, 0.6) is 0 Å². The number of hydrogen-bond acceptors (Lipinski definition) is 4. The Hall–Kier alpha value is 0.0569. The molecule has 0 aliphatic heterocycles. The zero-order chi connectivity index (χ0) is 11.5. The van der Waals surface area contributed by atoms with Crippen molar-refractivity contribution in [2.45, 2.75) is 26.7 Å². The summed E-state index contributed by atoms with van der Waals surface area (Å²) in [6, 6.07) is 0. The Bertz CT molecular complexity index is 125. The fourth-order valence-corrected chi connectivity index (χ4v) is 2.80. The highest BCUT2D eigenvalue weighted by molar-refractivity contribution is 6.50. The van der Waals surface area contributed by atoms with Crippen molar-refractivity contribution in [1.82, 2.24) is 19.8 Å². The lowest BCUT2D eigenvalue weighted by Crippen LogP contribution is -2.56. The minimum atomic E-state index is -1.07. The quantitative estimate of drug-likeness (QED) is 0.458. The van der Waals surface area contributed by atoms with Crippen LogP contribution in [-0.2, 0) is 0 Å². The second-order valence-corrected chi connectivity index (χ2v) is 6.24. The van der Waals surface area contributed by atoms with Gasteiger partial charge in [-0.1, -0.05) is 13.8 Å². The molecular formula is C10H28N4Si. The van der Waals surface area contributed by atoms with E-state index in [2.05, 4.69) is 33.7 Å². The normalized spacial score (nSPS) is 11.6. The first kappa shape index (κ1) is 15.1. The van der Waals surface area contributed by atoms with Crippen LogP contribution in [0.25, 0.3) is 0 Å². The Balaban J connectivity index is 3.59. The molecule has 0 aromatic heterocycles. The molecule has 0 saturated carbocycles. The Morgan fingerprint density at radius 2 is 1.47 bits per heavy atom. The van der Waals surface area contributed by atoms with E-state index < -0.39 is 9.28 Å². The Morgan fingerprint density at radius 3 is 1.87 bits per heavy atom. The molecule has 0 fully saturated rings. The third kappa shape index (κ3) is 7.93. The monoisotopic (exact) mass is 232 g/mol. The van der Waals surface area contributed by atoms with Gasteiger partial charge in [-0.3, -0.25) is 0 Å². The van der Waals surface area contributed by atoms with E-state index in [1.165, 1.54) is 25.9 Å². The maximum atomic E-state index is 3.54. The maximum Gasteiger partial charge on any atom is 0.264 e. The first-order valence-electron chi connectivity index (χ1n) is 6.08. The molecule has 0 amide bonds. The van der Waals surface area contributed by atoms with Gasteiger partial charge in [-0.15, -0.1) is 0 Å². The molecule has 4 nitrogen and oxygen atoms in total. The Morgan fingerprint density at radius 1 is 0.933 bits per heavy atom. The molecule has 0 saturated heterocycles. The predicted octanol–water partition coefficient (Wildman–Crippen LogP) is -0.146. The molecule has 0 radical (unpaired) electrons. The second kappa shape index (κ2) is 10.6. The first-order valence-corrected chi connectivity index (χ1v) is 7.81. The second-order valence-electron chi connectivity index (χ2n) is 3.81. The summed E-state index contributed by atoms with van der Waals surface area (Å²) in [7, 11) is 2.95. The molecule has 3 N–H and O–H groups in total. The lowest BCUT2D eigenvalue weighted by atomic mass is 10.3. The van der Waals surface area contributed by atoms with Crippen molar-refractivity contribution in [2.24, 2.45) is 0 Å². The smallest absolute Gasteiger partial charge is 0.264 e. The third-order valence-corrected chi connectivity index (χ3v) is 4.29. The highest BCUT2D eigenvalue weighted by Gasteiger charge is 2.06. The van der Waals surface area contributed by atoms with E-state index in [0.29, 0.717) is 0 Å². The molecule has 5 heteroatoms. The van der Waals surface area contributed by atoms with E-state index in [9.17, 15) is 0 Å². The van der Waals surface area contributed by atoms with Crippen LogP contribution in [-0.4, -0.2) is 54.5 Å². The highest BCUT2D eigenvalue weighted by Crippen LogP contribution is 1.92. The first-order chi connectivity index (χ1) is 7.28. The van der Waals surface area contributed by atoms with Gasteiger partial charge in [-0.25, -0.2) is 0 Å². The summed E-state index contributed by atoms with van der Waals surface area (Å²) in [6.45, 7) is 9.18. The van der Waals surface area contributed by atoms with Crippen LogP contribution >= 0.6 is 0 Å². The number of nitrogens with one attached hydrogen (secondary N) is 3. The Kier molecular flexibility index (Phi) is 10.6. The number of rotatable bonds is 10. The standard InChI is InChI=1S/C10H28N4Si/c1-5-8-14(9-6-2)10-7-13-15(11-3)12-4/h11-13,15H,5-10H2,1-4H3. The molecule has 0 spiro atoms. The molecule has 0 bridgehead atoms. The average molecular weight is 232 g/mol. The zero-order valence-corrected chi connectivity index (χ0v) is 11.9. The van der Waals surface area contributed by atoms with Crippen molar-refractivity contribution in [2.75, 3.05) is 40.3 Å². The predicted molar refractivity (Wildman–Crippen MR) is 70.3 cm³/mol. The number of hydrogen-bond donors (Lipinski definition) is 3. The Labute approximate surface area is 96.7 Å². The third-order valence-electron chi connectivity index (χ3n) is 2.43. The summed E-state index contributed by atoms with van der Waals surface area (Å²) in [5.41, 5.74) is 0. The zero-order valence-electron chi connectivity index (χ0n) is 10.8. The number of nitrogens with zero attached hydrogens (tertiary/aromatic N) is 1. The van der Waals surface area contributed by atoms with Gasteiger partial charge in [0, 0.05) is 13.1 Å². The molecule has 0 aliphatic carbocycles. The lowest BCUT2D eigenvalue weighted by Gasteiger charge is -2.22. The minimum absolute atomic E-state index is 1.07. The van der Waals surface area contributed by atoms with E-state index in [1.54, 1.807) is 0 Å². The summed E-state index contributed by atoms with van der Waals surface area (Å²) in [6.07, 6.45) is 2.50. The largest absolute Gasteiger partial charge is 0.319 e. The van der Waals surface area contributed by atoms with Gasteiger partial charge in [0.05, 0.1) is 0 Å². The molecule has 0 atom stereocenters. The van der Waals surface area contributed by atoms with Crippen molar-refractivity contribution >= 4 is 9.28 Å². The van der Waals surface area contributed by atoms with Gasteiger partial charge in [0.1, 0.15) is 0 Å². The summed E-state index contributed by atoms with van der Waals surface area (Å²) < 4.78 is 0. The lowest BCUT2D eigenvalue weighted by molar-refractivity contribution is 0.279. The van der Waals surface area contributed by atoms with Crippen molar-refractivity contribution < 1.29 is 0 Å². The molecular weight excluding hydrogens is 204 g/mol. The SMILES string of the molecule is CCCN(CCC)CCN[SiH](NC)NC. The molecule has 0 aromatic rings. The van der Waals surface area contributed by atoms with Crippen LogP contribution < -0.4 is 14.9 Å². The summed E-state index contributed by atoms with van der Waals surface area (Å²) in [5.74, 6) is 0. The van der Waals surface area contributed by atoms with Gasteiger partial charge >= 0.3 is 0 Å². The summed E-state index contributed by atoms with van der Waals surface area (Å²) in [5, 5.41) is 0. The fourth-order valence-electron chi connectivity index (χ4n) is 1.68. The highest BCUT2D eigenvalue weighted by atomic mass is 28.3. The molecule has 0 rings (SSSR count). The average Bonchev–Trinajstić information content (AvgIpc) is 2.25. The summed E-state index contributed by atoms with van der Waals surface area (Å²) >= 11 is 0. The van der Waals surface area contributed by atoms with Crippen molar-refractivity contribution in [3.63, 3.8) is 0 Å². The van der Waals surface area contributed by atoms with Gasteiger partial charge in [0.15, 0.2) is 0 Å². The summed E-state index contributed by atoms with van der Waals surface area (Å²) in [4.78, 5) is 12.6. The van der Waals surface area contributed by atoms with Gasteiger partial charge in [0.2, 0.25) is 0 Å². The van der Waals surface area contributed by atoms with Gasteiger partial charge < -0.3 is 19.8 Å². The van der Waals surface area contributed by atoms with Gasteiger partial charge in [-0.2, -0.15) is 0 Å². The van der Waals surface area contributed by atoms with E-state index in [1.807, 2.05) is 14.1 Å². The van der Waals surface area contributed by atoms with Crippen molar-refractivity contribution in [3.05, 3.63) is 0 Å². The van der Waals surface area contributed by atoms with E-state index in [-0.39, 0.29) is 0 Å². The maximum absolute atomic E-state index is 3.54.